The topological polar surface area (TPSA) is 37.4 Å². The third kappa shape index (κ3) is 3.57. The third-order valence-corrected chi connectivity index (χ3v) is 6.70. The van der Waals surface area contributed by atoms with Gasteiger partial charge in [-0.1, -0.05) is 17.7 Å². The summed E-state index contributed by atoms with van der Waals surface area (Å²) in [7, 11) is 1.60. The summed E-state index contributed by atoms with van der Waals surface area (Å²) in [4.78, 5) is 7.82. The van der Waals surface area contributed by atoms with Gasteiger partial charge < -0.3 is 15.0 Å². The molecule has 0 radical (unpaired) electrons. The molecule has 1 fully saturated rings. The van der Waals surface area contributed by atoms with Crippen LogP contribution in [0.15, 0.2) is 58.5 Å². The van der Waals surface area contributed by atoms with Gasteiger partial charge in [-0.3, -0.25) is 4.98 Å². The molecule has 2 atom stereocenters. The summed E-state index contributed by atoms with van der Waals surface area (Å²) in [5.74, 6) is 0.634. The highest BCUT2D eigenvalue weighted by atomic mass is 79.9. The van der Waals surface area contributed by atoms with Crippen molar-refractivity contribution in [2.24, 2.45) is 0 Å². The second kappa shape index (κ2) is 7.75. The van der Waals surface area contributed by atoms with Crippen molar-refractivity contribution in [1.29, 1.82) is 0 Å². The van der Waals surface area contributed by atoms with Gasteiger partial charge in [-0.15, -0.1) is 11.3 Å². The van der Waals surface area contributed by atoms with Crippen LogP contribution in [0.2, 0.25) is 5.02 Å². The molecule has 1 aliphatic rings. The first kappa shape index (κ1) is 18.7. The molecule has 27 heavy (non-hydrogen) atoms. The summed E-state index contributed by atoms with van der Waals surface area (Å²) in [5, 5.41) is 4.62. The van der Waals surface area contributed by atoms with Crippen molar-refractivity contribution in [3.05, 3.63) is 74.1 Å². The van der Waals surface area contributed by atoms with E-state index in [1.54, 1.807) is 24.6 Å². The van der Waals surface area contributed by atoms with Crippen molar-refractivity contribution in [3.8, 4) is 5.75 Å². The number of methoxy groups -OCH3 is 1. The van der Waals surface area contributed by atoms with E-state index in [2.05, 4.69) is 43.3 Å². The summed E-state index contributed by atoms with van der Waals surface area (Å²) >= 11 is 17.3. The Hall–Kier alpha value is -1.67. The maximum Gasteiger partial charge on any atom is 0.174 e. The van der Waals surface area contributed by atoms with Crippen molar-refractivity contribution in [3.63, 3.8) is 0 Å². The van der Waals surface area contributed by atoms with Crippen LogP contribution in [0, 0.1) is 0 Å². The minimum Gasteiger partial charge on any atom is -0.495 e. The van der Waals surface area contributed by atoms with Crippen molar-refractivity contribution < 1.29 is 4.74 Å². The maximum atomic E-state index is 6.37. The molecule has 1 N–H and O–H groups in total. The van der Waals surface area contributed by atoms with Crippen LogP contribution in [0.1, 0.15) is 22.7 Å². The zero-order valence-corrected chi connectivity index (χ0v) is 18.2. The molecule has 2 aromatic heterocycles. The monoisotopic (exact) mass is 479 g/mol. The molecular weight excluding hydrogens is 466 g/mol. The lowest BCUT2D eigenvalue weighted by Gasteiger charge is -2.27. The van der Waals surface area contributed by atoms with Gasteiger partial charge >= 0.3 is 0 Å². The van der Waals surface area contributed by atoms with E-state index in [0.717, 1.165) is 15.2 Å². The number of rotatable bonds is 4. The normalized spacial score (nSPS) is 19.2. The van der Waals surface area contributed by atoms with Crippen molar-refractivity contribution >= 4 is 61.9 Å². The minimum atomic E-state index is -0.0647. The molecule has 1 saturated heterocycles. The highest BCUT2D eigenvalue weighted by Gasteiger charge is 2.41. The van der Waals surface area contributed by atoms with E-state index in [1.165, 1.54) is 4.88 Å². The number of halogens is 2. The number of thiophene rings is 1. The van der Waals surface area contributed by atoms with Gasteiger partial charge in [-0.05, 0) is 70.6 Å². The van der Waals surface area contributed by atoms with E-state index in [-0.39, 0.29) is 12.1 Å². The van der Waals surface area contributed by atoms with Crippen molar-refractivity contribution in [2.75, 3.05) is 12.0 Å². The Bertz CT molecular complexity index is 982. The molecule has 4 rings (SSSR count). The van der Waals surface area contributed by atoms with Gasteiger partial charge in [0.1, 0.15) is 5.75 Å². The number of nitrogens with one attached hydrogen (secondary N) is 1. The summed E-state index contributed by atoms with van der Waals surface area (Å²) in [6.45, 7) is 0. The summed E-state index contributed by atoms with van der Waals surface area (Å²) in [6, 6.07) is 15.7. The Labute approximate surface area is 180 Å². The van der Waals surface area contributed by atoms with Crippen LogP contribution in [0.5, 0.6) is 5.75 Å². The molecule has 0 spiro atoms. The fraction of sp³-hybridized carbons (Fsp3) is 0.158. The number of anilines is 1. The summed E-state index contributed by atoms with van der Waals surface area (Å²) < 4.78 is 6.35. The van der Waals surface area contributed by atoms with Gasteiger partial charge in [0.2, 0.25) is 0 Å². The average Bonchev–Trinajstić information content (AvgIpc) is 3.25. The van der Waals surface area contributed by atoms with Gasteiger partial charge in [-0.25, -0.2) is 0 Å². The SMILES string of the molecule is COc1ccc(N2C(=S)N[C@H](c3ccccn3)[C@H]2c2ccc(Br)s2)cc1Cl. The average molecular weight is 481 g/mol. The third-order valence-electron chi connectivity index (χ3n) is 4.40. The Morgan fingerprint density at radius 1 is 1.26 bits per heavy atom. The van der Waals surface area contributed by atoms with Gasteiger partial charge in [-0.2, -0.15) is 0 Å². The van der Waals surface area contributed by atoms with E-state index >= 15 is 0 Å². The molecule has 0 unspecified atom stereocenters. The first-order valence-electron chi connectivity index (χ1n) is 8.18. The number of hydrogen-bond acceptors (Lipinski definition) is 4. The molecule has 138 valence electrons. The largest absolute Gasteiger partial charge is 0.495 e. The number of thiocarbonyl (C=S) groups is 1. The van der Waals surface area contributed by atoms with Gasteiger partial charge in [0.25, 0.3) is 0 Å². The minimum absolute atomic E-state index is 0.0341. The molecule has 3 heterocycles. The Kier molecular flexibility index (Phi) is 5.36. The molecule has 0 amide bonds. The molecule has 1 aliphatic heterocycles. The lowest BCUT2D eigenvalue weighted by molar-refractivity contribution is 0.415. The first-order chi connectivity index (χ1) is 13.1. The van der Waals surface area contributed by atoms with E-state index in [4.69, 9.17) is 28.6 Å². The molecule has 4 nitrogen and oxygen atoms in total. The maximum absolute atomic E-state index is 6.37. The van der Waals surface area contributed by atoms with Crippen LogP contribution >= 0.6 is 51.1 Å². The van der Waals surface area contributed by atoms with Crippen LogP contribution in [-0.2, 0) is 0 Å². The lowest BCUT2D eigenvalue weighted by atomic mass is 10.0. The second-order valence-corrected chi connectivity index (χ2v) is 9.25. The van der Waals surface area contributed by atoms with Crippen LogP contribution in [0.4, 0.5) is 5.69 Å². The number of hydrogen-bond donors (Lipinski definition) is 1. The zero-order chi connectivity index (χ0) is 19.0. The summed E-state index contributed by atoms with van der Waals surface area (Å²) in [5.41, 5.74) is 1.85. The standard InChI is InChI=1S/C19H15BrClN3OS2/c1-25-14-6-5-11(10-12(14)21)24-18(15-7-8-16(20)27-15)17(23-19(24)26)13-4-2-3-9-22-13/h2-10,17-18H,1H3,(H,23,26)/t17-,18-/m1/s1. The summed E-state index contributed by atoms with van der Waals surface area (Å²) in [6.07, 6.45) is 1.80. The van der Waals surface area contributed by atoms with E-state index < -0.39 is 0 Å². The van der Waals surface area contributed by atoms with E-state index in [0.29, 0.717) is 15.9 Å². The first-order valence-corrected chi connectivity index (χ1v) is 10.6. The predicted octanol–water partition coefficient (Wildman–Crippen LogP) is 5.74. The number of nitrogens with zero attached hydrogens (tertiary/aromatic N) is 2. The number of aromatic nitrogens is 1. The van der Waals surface area contributed by atoms with Crippen molar-refractivity contribution in [2.45, 2.75) is 12.1 Å². The second-order valence-electron chi connectivity index (χ2n) is 5.96. The predicted molar refractivity (Wildman–Crippen MR) is 118 cm³/mol. The molecular formula is C19H15BrClN3OS2. The number of ether oxygens (including phenoxy) is 1. The van der Waals surface area contributed by atoms with Crippen molar-refractivity contribution in [1.82, 2.24) is 10.3 Å². The van der Waals surface area contributed by atoms with Crippen LogP contribution in [0.3, 0.4) is 0 Å². The molecule has 1 aromatic carbocycles. The highest BCUT2D eigenvalue weighted by molar-refractivity contribution is 9.11. The van der Waals surface area contributed by atoms with Gasteiger partial charge in [0.15, 0.2) is 5.11 Å². The Morgan fingerprint density at radius 2 is 2.11 bits per heavy atom. The van der Waals surface area contributed by atoms with Gasteiger partial charge in [0.05, 0.1) is 33.7 Å². The highest BCUT2D eigenvalue weighted by Crippen LogP contribution is 2.45. The molecule has 3 aromatic rings. The van der Waals surface area contributed by atoms with E-state index in [1.807, 2.05) is 36.4 Å². The molecule has 0 bridgehead atoms. The van der Waals surface area contributed by atoms with E-state index in [9.17, 15) is 0 Å². The van der Waals surface area contributed by atoms with Crippen LogP contribution in [0.25, 0.3) is 0 Å². The molecule has 8 heteroatoms. The number of benzene rings is 1. The number of pyridine rings is 1. The molecule has 0 saturated carbocycles. The smallest absolute Gasteiger partial charge is 0.174 e. The quantitative estimate of drug-likeness (QED) is 0.482. The zero-order valence-electron chi connectivity index (χ0n) is 14.2. The Morgan fingerprint density at radius 3 is 2.74 bits per heavy atom. The fourth-order valence-corrected chi connectivity index (χ4v) is 5.36. The fourth-order valence-electron chi connectivity index (χ4n) is 3.21. The van der Waals surface area contributed by atoms with Gasteiger partial charge in [0, 0.05) is 16.8 Å². The lowest BCUT2D eigenvalue weighted by Crippen LogP contribution is -2.29. The van der Waals surface area contributed by atoms with Crippen LogP contribution in [-0.4, -0.2) is 17.2 Å². The Balaban J connectivity index is 1.81. The van der Waals surface area contributed by atoms with Crippen LogP contribution < -0.4 is 15.0 Å². The molecule has 0 aliphatic carbocycles.